The molecule has 2 aliphatic carbocycles. The second-order valence-electron chi connectivity index (χ2n) is 9.18. The predicted octanol–water partition coefficient (Wildman–Crippen LogP) is 8.38. The molecule has 2 nitrogen and oxygen atoms in total. The largest absolute Gasteiger partial charge is 0.456 e. The van der Waals surface area contributed by atoms with Gasteiger partial charge in [-0.2, -0.15) is 0 Å². The van der Waals surface area contributed by atoms with E-state index in [9.17, 15) is 0 Å². The molecule has 8 rings (SSSR count). The van der Waals surface area contributed by atoms with E-state index in [2.05, 4.69) is 100 Å². The number of halogens is 1. The normalized spacial score (nSPS) is 16.8. The minimum Gasteiger partial charge on any atom is -0.456 e. The molecule has 0 radical (unpaired) electrons. The molecule has 0 fully saturated rings. The second kappa shape index (κ2) is 5.73. The molecule has 32 heavy (non-hydrogen) atoms. The van der Waals surface area contributed by atoms with Gasteiger partial charge >= 0.3 is 0 Å². The standard InChI is InChI=1S/C29H18BrNO/c1-15-12-20-19-6-3-7-23-27(19)29-24(32-23)11-9-16-8-10-21-28(25(16)29)26(20)22(13-15)31(21)18-5-2-4-17(30)14-18/h2-12,14-15H,13H2,1H3. The lowest BCUT2D eigenvalue weighted by molar-refractivity contribution is 0.669. The van der Waals surface area contributed by atoms with Crippen molar-refractivity contribution in [2.45, 2.75) is 13.3 Å². The molecule has 2 aliphatic rings. The van der Waals surface area contributed by atoms with Gasteiger partial charge in [0.05, 0.1) is 5.52 Å². The minimum absolute atomic E-state index is 0.460. The first-order valence-electron chi connectivity index (χ1n) is 11.1. The Morgan fingerprint density at radius 1 is 0.875 bits per heavy atom. The van der Waals surface area contributed by atoms with Crippen molar-refractivity contribution in [1.82, 2.24) is 4.57 Å². The first-order valence-corrected chi connectivity index (χ1v) is 11.9. The van der Waals surface area contributed by atoms with E-state index in [1.807, 2.05) is 0 Å². The van der Waals surface area contributed by atoms with Crippen molar-refractivity contribution in [2.75, 3.05) is 0 Å². The van der Waals surface area contributed by atoms with Crippen molar-refractivity contribution >= 4 is 65.1 Å². The maximum absolute atomic E-state index is 6.35. The van der Waals surface area contributed by atoms with E-state index >= 15 is 0 Å². The maximum Gasteiger partial charge on any atom is 0.136 e. The molecule has 4 aromatic carbocycles. The SMILES string of the molecule is CC1C=C2c3cccc4oc5ccc6ccc7c(c2c(n7-c2cccc(Br)c2)C1)c6c5c34. The molecule has 6 aromatic rings. The third-order valence-corrected chi connectivity index (χ3v) is 7.76. The Kier molecular flexibility index (Phi) is 3.09. The lowest BCUT2D eigenvalue weighted by Gasteiger charge is -2.22. The van der Waals surface area contributed by atoms with Crippen LogP contribution in [0.1, 0.15) is 23.7 Å². The van der Waals surface area contributed by atoms with Crippen LogP contribution in [0.4, 0.5) is 0 Å². The molecule has 1 atom stereocenters. The van der Waals surface area contributed by atoms with Crippen LogP contribution in [0.25, 0.3) is 54.9 Å². The van der Waals surface area contributed by atoms with Gasteiger partial charge in [0.1, 0.15) is 11.2 Å². The van der Waals surface area contributed by atoms with E-state index in [0.29, 0.717) is 5.92 Å². The number of fused-ring (bicyclic) bond motifs is 1. The molecule has 0 amide bonds. The Labute approximate surface area is 192 Å². The van der Waals surface area contributed by atoms with Gasteiger partial charge in [0, 0.05) is 43.0 Å². The first-order chi connectivity index (χ1) is 15.7. The highest BCUT2D eigenvalue weighted by Crippen LogP contribution is 2.51. The van der Waals surface area contributed by atoms with E-state index in [1.165, 1.54) is 60.5 Å². The van der Waals surface area contributed by atoms with E-state index in [0.717, 1.165) is 22.1 Å². The van der Waals surface area contributed by atoms with Crippen molar-refractivity contribution in [2.24, 2.45) is 5.92 Å². The van der Waals surface area contributed by atoms with Gasteiger partial charge in [0.2, 0.25) is 0 Å². The van der Waals surface area contributed by atoms with Crippen LogP contribution < -0.4 is 0 Å². The molecule has 1 unspecified atom stereocenters. The van der Waals surface area contributed by atoms with Gasteiger partial charge in [-0.3, -0.25) is 0 Å². The Morgan fingerprint density at radius 2 is 1.72 bits per heavy atom. The molecule has 0 saturated carbocycles. The lowest BCUT2D eigenvalue weighted by atomic mass is 9.84. The van der Waals surface area contributed by atoms with Crippen molar-refractivity contribution in [3.63, 3.8) is 0 Å². The fourth-order valence-electron chi connectivity index (χ4n) is 6.13. The summed E-state index contributed by atoms with van der Waals surface area (Å²) >= 11 is 3.69. The molecule has 3 heteroatoms. The molecule has 2 aromatic heterocycles. The summed E-state index contributed by atoms with van der Waals surface area (Å²) in [6, 6.07) is 24.1. The molecule has 0 aliphatic heterocycles. The van der Waals surface area contributed by atoms with Crippen molar-refractivity contribution in [1.29, 1.82) is 0 Å². The highest BCUT2D eigenvalue weighted by atomic mass is 79.9. The van der Waals surface area contributed by atoms with Gasteiger partial charge in [-0.15, -0.1) is 0 Å². The van der Waals surface area contributed by atoms with Gasteiger partial charge in [-0.25, -0.2) is 0 Å². The molecule has 0 spiro atoms. The van der Waals surface area contributed by atoms with E-state index in [1.54, 1.807) is 0 Å². The molecule has 0 N–H and O–H groups in total. The van der Waals surface area contributed by atoms with Crippen LogP contribution in [0.5, 0.6) is 0 Å². The van der Waals surface area contributed by atoms with Crippen LogP contribution >= 0.6 is 15.9 Å². The number of benzene rings is 4. The summed E-state index contributed by atoms with van der Waals surface area (Å²) in [5.41, 5.74) is 9.90. The average molecular weight is 476 g/mol. The first kappa shape index (κ1) is 17.3. The highest BCUT2D eigenvalue weighted by molar-refractivity contribution is 9.10. The highest BCUT2D eigenvalue weighted by Gasteiger charge is 2.32. The van der Waals surface area contributed by atoms with Crippen LogP contribution in [0.3, 0.4) is 0 Å². The summed E-state index contributed by atoms with van der Waals surface area (Å²) in [7, 11) is 0. The van der Waals surface area contributed by atoms with Crippen molar-refractivity contribution in [3.05, 3.63) is 94.1 Å². The maximum atomic E-state index is 6.35. The topological polar surface area (TPSA) is 18.1 Å². The smallest absolute Gasteiger partial charge is 0.136 e. The van der Waals surface area contributed by atoms with Gasteiger partial charge in [0.25, 0.3) is 0 Å². The molecule has 152 valence electrons. The Hall–Kier alpha value is -3.30. The molecular weight excluding hydrogens is 458 g/mol. The summed E-state index contributed by atoms with van der Waals surface area (Å²) in [5.74, 6) is 0.460. The number of aromatic nitrogens is 1. The Bertz CT molecular complexity index is 1830. The van der Waals surface area contributed by atoms with Crippen LogP contribution in [0, 0.1) is 5.92 Å². The zero-order valence-electron chi connectivity index (χ0n) is 17.4. The molecule has 2 heterocycles. The Morgan fingerprint density at radius 3 is 2.62 bits per heavy atom. The second-order valence-corrected chi connectivity index (χ2v) is 10.1. The summed E-state index contributed by atoms with van der Waals surface area (Å²) in [6.45, 7) is 2.33. The van der Waals surface area contributed by atoms with E-state index in [-0.39, 0.29) is 0 Å². The number of rotatable bonds is 1. The van der Waals surface area contributed by atoms with Crippen LogP contribution in [-0.2, 0) is 6.42 Å². The number of hydrogen-bond donors (Lipinski definition) is 0. The van der Waals surface area contributed by atoms with Gasteiger partial charge in [-0.1, -0.05) is 59.3 Å². The van der Waals surface area contributed by atoms with Crippen LogP contribution in [0.15, 0.2) is 81.7 Å². The molecular formula is C29H18BrNO. The summed E-state index contributed by atoms with van der Waals surface area (Å²) in [4.78, 5) is 0. The number of allylic oxidation sites excluding steroid dienone is 1. The zero-order valence-corrected chi connectivity index (χ0v) is 19.0. The number of nitrogens with zero attached hydrogens (tertiary/aromatic N) is 1. The summed E-state index contributed by atoms with van der Waals surface area (Å²) < 4.78 is 9.94. The van der Waals surface area contributed by atoms with Gasteiger partial charge in [0.15, 0.2) is 0 Å². The summed E-state index contributed by atoms with van der Waals surface area (Å²) in [6.07, 6.45) is 3.51. The van der Waals surface area contributed by atoms with Gasteiger partial charge in [-0.05, 0) is 65.3 Å². The monoisotopic (exact) mass is 475 g/mol. The van der Waals surface area contributed by atoms with Crippen molar-refractivity contribution in [3.8, 4) is 5.69 Å². The third kappa shape index (κ3) is 1.97. The van der Waals surface area contributed by atoms with Crippen LogP contribution in [0.2, 0.25) is 0 Å². The summed E-state index contributed by atoms with van der Waals surface area (Å²) in [5, 5.41) is 6.48. The van der Waals surface area contributed by atoms with E-state index in [4.69, 9.17) is 4.42 Å². The lowest BCUT2D eigenvalue weighted by Crippen LogP contribution is -2.11. The molecule has 0 bridgehead atoms. The Balaban J connectivity index is 1.71. The number of hydrogen-bond acceptors (Lipinski definition) is 1. The van der Waals surface area contributed by atoms with Gasteiger partial charge < -0.3 is 8.98 Å². The van der Waals surface area contributed by atoms with Crippen molar-refractivity contribution < 1.29 is 4.42 Å². The predicted molar refractivity (Wildman–Crippen MR) is 136 cm³/mol. The minimum atomic E-state index is 0.460. The fourth-order valence-corrected chi connectivity index (χ4v) is 6.52. The zero-order chi connectivity index (χ0) is 21.1. The quantitative estimate of drug-likeness (QED) is 0.233. The number of furan rings is 1. The van der Waals surface area contributed by atoms with Crippen LogP contribution in [-0.4, -0.2) is 4.57 Å². The average Bonchev–Trinajstić information content (AvgIpc) is 3.29. The third-order valence-electron chi connectivity index (χ3n) is 7.26. The van der Waals surface area contributed by atoms with E-state index < -0.39 is 0 Å². The fraction of sp³-hybridized carbons (Fsp3) is 0.103. The molecule has 0 saturated heterocycles.